The molecule has 1 amide bonds. The van der Waals surface area contributed by atoms with Gasteiger partial charge in [0.05, 0.1) is 12.6 Å². The molecule has 0 bridgehead atoms. The summed E-state index contributed by atoms with van der Waals surface area (Å²) in [6, 6.07) is 8.58. The molecule has 1 unspecified atom stereocenters. The molecule has 1 aliphatic heterocycles. The first-order chi connectivity index (χ1) is 13.2. The minimum atomic E-state index is -0.387. The van der Waals surface area contributed by atoms with E-state index < -0.39 is 0 Å². The lowest BCUT2D eigenvalue weighted by Gasteiger charge is -2.22. The number of carbonyl (C=O) groups excluding carboxylic acids is 1. The SMILES string of the molecule is O=C(N=c1sccn1Cc1ccccc1F)c1ccn(C2CCCNC2)n1. The molecule has 1 saturated heterocycles. The van der Waals surface area contributed by atoms with Crippen molar-refractivity contribution in [2.45, 2.75) is 25.4 Å². The van der Waals surface area contributed by atoms with Crippen molar-refractivity contribution < 1.29 is 9.18 Å². The highest BCUT2D eigenvalue weighted by Crippen LogP contribution is 2.16. The van der Waals surface area contributed by atoms with Gasteiger partial charge in [0.2, 0.25) is 0 Å². The van der Waals surface area contributed by atoms with Gasteiger partial charge in [-0.3, -0.25) is 9.48 Å². The molecule has 1 fully saturated rings. The Hall–Kier alpha value is -2.58. The summed E-state index contributed by atoms with van der Waals surface area (Å²) < 4.78 is 17.5. The monoisotopic (exact) mass is 385 g/mol. The quantitative estimate of drug-likeness (QED) is 0.751. The fourth-order valence-electron chi connectivity index (χ4n) is 3.18. The summed E-state index contributed by atoms with van der Waals surface area (Å²) >= 11 is 1.34. The van der Waals surface area contributed by atoms with Crippen molar-refractivity contribution in [2.24, 2.45) is 4.99 Å². The highest BCUT2D eigenvalue weighted by molar-refractivity contribution is 7.07. The van der Waals surface area contributed by atoms with E-state index in [1.165, 1.54) is 17.4 Å². The van der Waals surface area contributed by atoms with Gasteiger partial charge in [0.15, 0.2) is 10.5 Å². The minimum Gasteiger partial charge on any atom is -0.319 e. The number of benzene rings is 1. The zero-order valence-electron chi connectivity index (χ0n) is 14.7. The number of nitrogens with zero attached hydrogens (tertiary/aromatic N) is 4. The van der Waals surface area contributed by atoms with E-state index in [1.54, 1.807) is 35.0 Å². The van der Waals surface area contributed by atoms with Crippen molar-refractivity contribution in [2.75, 3.05) is 13.1 Å². The van der Waals surface area contributed by atoms with Crippen molar-refractivity contribution >= 4 is 17.2 Å². The smallest absolute Gasteiger partial charge is 0.300 e. The number of thiazole rings is 1. The Morgan fingerprint density at radius 3 is 3.04 bits per heavy atom. The molecule has 8 heteroatoms. The Morgan fingerprint density at radius 2 is 2.22 bits per heavy atom. The molecule has 0 spiro atoms. The van der Waals surface area contributed by atoms with E-state index in [-0.39, 0.29) is 17.8 Å². The van der Waals surface area contributed by atoms with E-state index >= 15 is 0 Å². The maximum absolute atomic E-state index is 13.9. The topological polar surface area (TPSA) is 64.2 Å². The normalized spacial score (nSPS) is 18.0. The van der Waals surface area contributed by atoms with E-state index in [1.807, 2.05) is 16.3 Å². The van der Waals surface area contributed by atoms with Crippen LogP contribution in [0.15, 0.2) is 53.1 Å². The lowest BCUT2D eigenvalue weighted by atomic mass is 10.1. The number of nitrogens with one attached hydrogen (secondary N) is 1. The number of hydrogen-bond acceptors (Lipinski definition) is 4. The van der Waals surface area contributed by atoms with Crippen molar-refractivity contribution in [3.8, 4) is 0 Å². The van der Waals surface area contributed by atoms with Crippen LogP contribution in [-0.4, -0.2) is 33.3 Å². The third-order valence-corrected chi connectivity index (χ3v) is 5.42. The van der Waals surface area contributed by atoms with Crippen LogP contribution in [0.1, 0.15) is 34.9 Å². The van der Waals surface area contributed by atoms with Crippen LogP contribution in [0.25, 0.3) is 0 Å². The average Bonchev–Trinajstić information content (AvgIpc) is 3.34. The van der Waals surface area contributed by atoms with Crippen LogP contribution in [0.2, 0.25) is 0 Å². The molecular weight excluding hydrogens is 365 g/mol. The first-order valence-corrected chi connectivity index (χ1v) is 9.81. The Labute approximate surface area is 160 Å². The second-order valence-electron chi connectivity index (χ2n) is 6.50. The molecule has 1 atom stereocenters. The molecule has 0 aliphatic carbocycles. The molecule has 27 heavy (non-hydrogen) atoms. The number of aromatic nitrogens is 3. The predicted molar refractivity (Wildman–Crippen MR) is 101 cm³/mol. The molecular formula is C19H20FN5OS. The summed E-state index contributed by atoms with van der Waals surface area (Å²) in [4.78, 5) is 17.3. The Morgan fingerprint density at radius 1 is 1.33 bits per heavy atom. The minimum absolute atomic E-state index is 0.270. The lowest BCUT2D eigenvalue weighted by Crippen LogP contribution is -2.32. The van der Waals surface area contributed by atoms with Crippen LogP contribution in [0.3, 0.4) is 0 Å². The Balaban J connectivity index is 1.54. The number of carbonyl (C=O) groups is 1. The van der Waals surface area contributed by atoms with E-state index in [0.29, 0.717) is 22.6 Å². The summed E-state index contributed by atoms with van der Waals surface area (Å²) in [6.45, 7) is 2.21. The van der Waals surface area contributed by atoms with Gasteiger partial charge in [-0.25, -0.2) is 4.39 Å². The van der Waals surface area contributed by atoms with Gasteiger partial charge >= 0.3 is 0 Å². The molecule has 1 N–H and O–H groups in total. The molecule has 140 valence electrons. The van der Waals surface area contributed by atoms with E-state index in [2.05, 4.69) is 15.4 Å². The lowest BCUT2D eigenvalue weighted by molar-refractivity contribution is 0.0991. The number of hydrogen-bond donors (Lipinski definition) is 1. The second-order valence-corrected chi connectivity index (χ2v) is 7.38. The zero-order valence-corrected chi connectivity index (χ0v) is 15.5. The fourth-order valence-corrected chi connectivity index (χ4v) is 3.90. The Bertz CT molecular complexity index is 999. The number of rotatable bonds is 4. The summed E-state index contributed by atoms with van der Waals surface area (Å²) in [5.41, 5.74) is 0.880. The molecule has 3 aromatic rings. The summed E-state index contributed by atoms with van der Waals surface area (Å²) in [5.74, 6) is -0.657. The number of halogens is 1. The van der Waals surface area contributed by atoms with Crippen molar-refractivity contribution in [3.05, 3.63) is 70.0 Å². The van der Waals surface area contributed by atoms with E-state index in [4.69, 9.17) is 0 Å². The number of piperidine rings is 1. The van der Waals surface area contributed by atoms with E-state index in [0.717, 1.165) is 25.9 Å². The first kappa shape index (κ1) is 17.8. The van der Waals surface area contributed by atoms with Gasteiger partial charge in [-0.15, -0.1) is 11.3 Å². The maximum atomic E-state index is 13.9. The third-order valence-electron chi connectivity index (χ3n) is 4.63. The maximum Gasteiger partial charge on any atom is 0.300 e. The predicted octanol–water partition coefficient (Wildman–Crippen LogP) is 2.60. The number of amides is 1. The van der Waals surface area contributed by atoms with Crippen LogP contribution in [0, 0.1) is 5.82 Å². The summed E-state index contributed by atoms with van der Waals surface area (Å²) in [6.07, 6.45) is 5.79. The molecule has 0 radical (unpaired) electrons. The summed E-state index contributed by atoms with van der Waals surface area (Å²) in [5, 5.41) is 9.59. The molecule has 6 nitrogen and oxygen atoms in total. The molecule has 0 saturated carbocycles. The largest absolute Gasteiger partial charge is 0.319 e. The van der Waals surface area contributed by atoms with Crippen molar-refractivity contribution in [1.82, 2.24) is 19.7 Å². The highest BCUT2D eigenvalue weighted by Gasteiger charge is 2.17. The third kappa shape index (κ3) is 4.06. The molecule has 3 heterocycles. The van der Waals surface area contributed by atoms with Gasteiger partial charge in [-0.2, -0.15) is 10.1 Å². The first-order valence-electron chi connectivity index (χ1n) is 8.93. The second kappa shape index (κ2) is 7.98. The average molecular weight is 385 g/mol. The molecule has 1 aromatic carbocycles. The molecule has 4 rings (SSSR count). The van der Waals surface area contributed by atoms with Crippen molar-refractivity contribution in [1.29, 1.82) is 0 Å². The van der Waals surface area contributed by atoms with Crippen LogP contribution < -0.4 is 10.1 Å². The Kier molecular flexibility index (Phi) is 5.26. The van der Waals surface area contributed by atoms with Gasteiger partial charge in [0, 0.05) is 29.9 Å². The van der Waals surface area contributed by atoms with Gasteiger partial charge in [0.1, 0.15) is 5.82 Å². The standard InChI is InChI=1S/C19H20FN5OS/c20-16-6-2-1-4-14(16)13-24-10-11-27-19(24)22-18(26)17-7-9-25(23-17)15-5-3-8-21-12-15/h1-2,4,6-7,9-11,15,21H,3,5,8,12-13H2. The van der Waals surface area contributed by atoms with Crippen LogP contribution >= 0.6 is 11.3 Å². The van der Waals surface area contributed by atoms with Gasteiger partial charge in [0.25, 0.3) is 5.91 Å². The molecule has 1 aliphatic rings. The fraction of sp³-hybridized carbons (Fsp3) is 0.316. The highest BCUT2D eigenvalue weighted by atomic mass is 32.1. The zero-order chi connectivity index (χ0) is 18.6. The van der Waals surface area contributed by atoms with Gasteiger partial charge in [-0.1, -0.05) is 18.2 Å². The molecule has 2 aromatic heterocycles. The van der Waals surface area contributed by atoms with Crippen LogP contribution in [0.5, 0.6) is 0 Å². The van der Waals surface area contributed by atoms with Crippen molar-refractivity contribution in [3.63, 3.8) is 0 Å². The van der Waals surface area contributed by atoms with E-state index in [9.17, 15) is 9.18 Å². The van der Waals surface area contributed by atoms with Gasteiger partial charge < -0.3 is 9.88 Å². The van der Waals surface area contributed by atoms with Crippen LogP contribution in [-0.2, 0) is 6.54 Å². The summed E-state index contributed by atoms with van der Waals surface area (Å²) in [7, 11) is 0. The van der Waals surface area contributed by atoms with Gasteiger partial charge in [-0.05, 0) is 31.5 Å². The van der Waals surface area contributed by atoms with Crippen LogP contribution in [0.4, 0.5) is 4.39 Å².